The van der Waals surface area contributed by atoms with Crippen LogP contribution < -0.4 is 5.32 Å². The lowest BCUT2D eigenvalue weighted by Crippen LogP contribution is -2.49. The molecule has 1 aromatic heterocycles. The molecule has 0 amide bonds. The average Bonchev–Trinajstić information content (AvgIpc) is 2.28. The molecule has 1 heterocycles. The van der Waals surface area contributed by atoms with E-state index in [1.807, 2.05) is 12.4 Å². The van der Waals surface area contributed by atoms with E-state index in [9.17, 15) is 0 Å². The molecule has 2 unspecified atom stereocenters. The number of hydrogen-bond acceptors (Lipinski definition) is 3. The third-order valence-electron chi connectivity index (χ3n) is 3.16. The summed E-state index contributed by atoms with van der Waals surface area (Å²) < 4.78 is 6.76. The van der Waals surface area contributed by atoms with Crippen LogP contribution in [0.15, 0.2) is 22.9 Å². The lowest BCUT2D eigenvalue weighted by molar-refractivity contribution is -0.0106. The summed E-state index contributed by atoms with van der Waals surface area (Å²) in [7, 11) is 1.79. The number of rotatable bonds is 6. The summed E-state index contributed by atoms with van der Waals surface area (Å²) in [5, 5.41) is 3.54. The zero-order valence-electron chi connectivity index (χ0n) is 12.5. The second-order valence-corrected chi connectivity index (χ2v) is 6.82. The van der Waals surface area contributed by atoms with Gasteiger partial charge in [-0.3, -0.25) is 4.98 Å². The van der Waals surface area contributed by atoms with Gasteiger partial charge in [-0.15, -0.1) is 0 Å². The normalized spacial score (nSPS) is 15.3. The predicted octanol–water partition coefficient (Wildman–Crippen LogP) is 3.43. The topological polar surface area (TPSA) is 34.2 Å². The minimum atomic E-state index is 0.0982. The van der Waals surface area contributed by atoms with Crippen molar-refractivity contribution in [3.63, 3.8) is 0 Å². The monoisotopic (exact) mass is 328 g/mol. The first-order valence-electron chi connectivity index (χ1n) is 6.74. The van der Waals surface area contributed by atoms with Crippen LogP contribution in [0.4, 0.5) is 0 Å². The van der Waals surface area contributed by atoms with Crippen LogP contribution in [0.1, 0.15) is 33.3 Å². The van der Waals surface area contributed by atoms with Gasteiger partial charge in [0.15, 0.2) is 0 Å². The van der Waals surface area contributed by atoms with E-state index in [0.717, 1.165) is 17.4 Å². The van der Waals surface area contributed by atoms with Crippen LogP contribution in [-0.2, 0) is 11.2 Å². The fourth-order valence-electron chi connectivity index (χ4n) is 2.49. The summed E-state index contributed by atoms with van der Waals surface area (Å²) in [4.78, 5) is 4.23. The quantitative estimate of drug-likeness (QED) is 0.868. The van der Waals surface area contributed by atoms with Crippen LogP contribution >= 0.6 is 15.9 Å². The lowest BCUT2D eigenvalue weighted by atomic mass is 9.82. The third-order valence-corrected chi connectivity index (χ3v) is 3.59. The largest absolute Gasteiger partial charge is 0.379 e. The van der Waals surface area contributed by atoms with Crippen molar-refractivity contribution in [3.8, 4) is 0 Å². The molecule has 0 aliphatic heterocycles. The van der Waals surface area contributed by atoms with Crippen molar-refractivity contribution in [2.45, 2.75) is 46.3 Å². The molecule has 108 valence electrons. The van der Waals surface area contributed by atoms with E-state index < -0.39 is 0 Å². The number of nitrogens with one attached hydrogen (secondary N) is 1. The summed E-state index contributed by atoms with van der Waals surface area (Å²) in [6.07, 6.45) is 4.80. The molecule has 0 aromatic carbocycles. The van der Waals surface area contributed by atoms with Crippen LogP contribution in [0.5, 0.6) is 0 Å². The summed E-state index contributed by atoms with van der Waals surface area (Å²) in [5.41, 5.74) is 1.31. The fraction of sp³-hybridized carbons (Fsp3) is 0.667. The van der Waals surface area contributed by atoms with Gasteiger partial charge in [0.25, 0.3) is 0 Å². The van der Waals surface area contributed by atoms with Gasteiger partial charge in [-0.1, -0.05) is 27.7 Å². The molecule has 2 atom stereocenters. The molecule has 0 radical (unpaired) electrons. The van der Waals surface area contributed by atoms with Crippen LogP contribution in [0.25, 0.3) is 0 Å². The van der Waals surface area contributed by atoms with Gasteiger partial charge in [0.2, 0.25) is 0 Å². The Bertz CT molecular complexity index is 390. The van der Waals surface area contributed by atoms with E-state index in [1.54, 1.807) is 7.11 Å². The fourth-order valence-corrected chi connectivity index (χ4v) is 2.90. The Morgan fingerprint density at radius 2 is 2.05 bits per heavy atom. The Hall–Kier alpha value is -0.450. The minimum absolute atomic E-state index is 0.0982. The Kier molecular flexibility index (Phi) is 6.43. The van der Waals surface area contributed by atoms with E-state index in [4.69, 9.17) is 4.74 Å². The molecule has 0 aliphatic rings. The van der Waals surface area contributed by atoms with Crippen molar-refractivity contribution < 1.29 is 4.74 Å². The number of likely N-dealkylation sites (N-methyl/N-ethyl adjacent to an activating group) is 1. The van der Waals surface area contributed by atoms with E-state index >= 15 is 0 Å². The third kappa shape index (κ3) is 5.21. The zero-order valence-corrected chi connectivity index (χ0v) is 14.1. The zero-order chi connectivity index (χ0) is 14.5. The second-order valence-electron chi connectivity index (χ2n) is 5.90. The Morgan fingerprint density at radius 1 is 1.37 bits per heavy atom. The maximum absolute atomic E-state index is 5.74. The van der Waals surface area contributed by atoms with Crippen molar-refractivity contribution in [1.82, 2.24) is 10.3 Å². The summed E-state index contributed by atoms with van der Waals surface area (Å²) in [6, 6.07) is 2.40. The van der Waals surface area contributed by atoms with E-state index in [0.29, 0.717) is 0 Å². The lowest BCUT2D eigenvalue weighted by Gasteiger charge is -2.36. The number of nitrogens with zero attached hydrogens (tertiary/aromatic N) is 1. The van der Waals surface area contributed by atoms with Crippen molar-refractivity contribution in [2.24, 2.45) is 5.41 Å². The molecule has 0 saturated carbocycles. The van der Waals surface area contributed by atoms with Crippen LogP contribution in [0.2, 0.25) is 0 Å². The molecular formula is C15H25BrN2O. The number of halogens is 1. The first-order chi connectivity index (χ1) is 8.88. The summed E-state index contributed by atoms with van der Waals surface area (Å²) in [5.74, 6) is 0. The molecule has 19 heavy (non-hydrogen) atoms. The highest BCUT2D eigenvalue weighted by Crippen LogP contribution is 2.26. The van der Waals surface area contributed by atoms with Gasteiger partial charge in [-0.05, 0) is 45.9 Å². The number of methoxy groups -OCH3 is 1. The van der Waals surface area contributed by atoms with Gasteiger partial charge in [-0.2, -0.15) is 0 Å². The molecule has 1 rings (SSSR count). The highest BCUT2D eigenvalue weighted by atomic mass is 79.9. The molecule has 0 bridgehead atoms. The van der Waals surface area contributed by atoms with Gasteiger partial charge in [0.1, 0.15) is 0 Å². The van der Waals surface area contributed by atoms with Gasteiger partial charge in [0, 0.05) is 30.0 Å². The van der Waals surface area contributed by atoms with Crippen LogP contribution in [0.3, 0.4) is 0 Å². The number of hydrogen-bond donors (Lipinski definition) is 1. The molecular weight excluding hydrogens is 304 g/mol. The Balaban J connectivity index is 2.88. The van der Waals surface area contributed by atoms with E-state index in [1.165, 1.54) is 5.56 Å². The SMILES string of the molecule is CCNC(Cc1cncc(Br)c1)C(OC)C(C)(C)C. The minimum Gasteiger partial charge on any atom is -0.379 e. The smallest absolute Gasteiger partial charge is 0.0775 e. The summed E-state index contributed by atoms with van der Waals surface area (Å²) >= 11 is 3.47. The highest BCUT2D eigenvalue weighted by Gasteiger charge is 2.32. The maximum Gasteiger partial charge on any atom is 0.0775 e. The van der Waals surface area contributed by atoms with Crippen molar-refractivity contribution in [3.05, 3.63) is 28.5 Å². The van der Waals surface area contributed by atoms with E-state index in [-0.39, 0.29) is 17.6 Å². The maximum atomic E-state index is 5.74. The average molecular weight is 329 g/mol. The molecule has 0 aliphatic carbocycles. The van der Waals surface area contributed by atoms with Crippen molar-refractivity contribution in [1.29, 1.82) is 0 Å². The molecule has 0 saturated heterocycles. The number of ether oxygens (including phenoxy) is 1. The van der Waals surface area contributed by atoms with Crippen molar-refractivity contribution >= 4 is 15.9 Å². The highest BCUT2D eigenvalue weighted by molar-refractivity contribution is 9.10. The molecule has 3 nitrogen and oxygen atoms in total. The van der Waals surface area contributed by atoms with Gasteiger partial charge in [0.05, 0.1) is 6.10 Å². The van der Waals surface area contributed by atoms with Gasteiger partial charge in [-0.25, -0.2) is 0 Å². The molecule has 1 N–H and O–H groups in total. The van der Waals surface area contributed by atoms with Crippen LogP contribution in [0, 0.1) is 5.41 Å². The first kappa shape index (κ1) is 16.6. The number of pyridine rings is 1. The molecule has 4 heteroatoms. The van der Waals surface area contributed by atoms with Gasteiger partial charge < -0.3 is 10.1 Å². The summed E-state index contributed by atoms with van der Waals surface area (Å²) in [6.45, 7) is 9.70. The standard InChI is InChI=1S/C15H25BrN2O/c1-6-18-13(14(19-5)15(2,3)4)8-11-7-12(16)10-17-9-11/h7,9-10,13-14,18H,6,8H2,1-5H3. The second kappa shape index (κ2) is 7.36. The molecule has 0 spiro atoms. The van der Waals surface area contributed by atoms with Crippen LogP contribution in [-0.4, -0.2) is 30.8 Å². The number of aromatic nitrogens is 1. The predicted molar refractivity (Wildman–Crippen MR) is 83.4 cm³/mol. The first-order valence-corrected chi connectivity index (χ1v) is 7.53. The van der Waals surface area contributed by atoms with Crippen molar-refractivity contribution in [2.75, 3.05) is 13.7 Å². The van der Waals surface area contributed by atoms with Gasteiger partial charge >= 0.3 is 0 Å². The molecule has 0 fully saturated rings. The Labute approximate surface area is 125 Å². The van der Waals surface area contributed by atoms with E-state index in [2.05, 4.69) is 60.0 Å². The molecule has 1 aromatic rings. The Morgan fingerprint density at radius 3 is 2.53 bits per heavy atom.